The van der Waals surface area contributed by atoms with Crippen molar-refractivity contribution in [2.75, 3.05) is 23.7 Å². The predicted molar refractivity (Wildman–Crippen MR) is 89.1 cm³/mol. The van der Waals surface area contributed by atoms with Crippen molar-refractivity contribution in [2.24, 2.45) is 0 Å². The fraction of sp³-hybridized carbons (Fsp3) is 0.375. The first-order valence-corrected chi connectivity index (χ1v) is 8.20. The van der Waals surface area contributed by atoms with Crippen molar-refractivity contribution < 1.29 is 22.0 Å². The summed E-state index contributed by atoms with van der Waals surface area (Å²) in [5.74, 6) is -3.01. The van der Waals surface area contributed by atoms with Crippen molar-refractivity contribution in [3.63, 3.8) is 0 Å². The standard InChI is InChI=1S/C16H14F5N7/c1-8-10(12(22)28-14(25-8)23-7-24-28)4-9-2-3-11(16(19,20)21)13(26-9)27-5-15(17,18)6-27/h2-3,7H,4-6,22H2,1H3. The Labute approximate surface area is 155 Å². The first-order chi connectivity index (χ1) is 13.0. The highest BCUT2D eigenvalue weighted by molar-refractivity contribution is 5.54. The summed E-state index contributed by atoms with van der Waals surface area (Å²) >= 11 is 0. The molecule has 3 aromatic rings. The highest BCUT2D eigenvalue weighted by atomic mass is 19.4. The fourth-order valence-corrected chi connectivity index (χ4v) is 3.12. The van der Waals surface area contributed by atoms with E-state index >= 15 is 0 Å². The number of aryl methyl sites for hydroxylation is 1. The van der Waals surface area contributed by atoms with Gasteiger partial charge in [0.25, 0.3) is 11.7 Å². The average Bonchev–Trinajstić information content (AvgIpc) is 3.03. The number of nitrogen functional groups attached to an aromatic ring is 1. The second-order valence-electron chi connectivity index (χ2n) is 6.59. The van der Waals surface area contributed by atoms with Crippen molar-refractivity contribution in [3.05, 3.63) is 41.0 Å². The van der Waals surface area contributed by atoms with Crippen LogP contribution in [0.15, 0.2) is 18.5 Å². The maximum atomic E-state index is 13.3. The minimum Gasteiger partial charge on any atom is -0.383 e. The van der Waals surface area contributed by atoms with Gasteiger partial charge in [-0.25, -0.2) is 18.7 Å². The molecule has 1 aliphatic heterocycles. The molecule has 4 rings (SSSR count). The summed E-state index contributed by atoms with van der Waals surface area (Å²) in [4.78, 5) is 13.1. The zero-order valence-electron chi connectivity index (χ0n) is 14.5. The molecule has 0 saturated carbocycles. The molecule has 1 aliphatic rings. The lowest BCUT2D eigenvalue weighted by atomic mass is 10.1. The summed E-state index contributed by atoms with van der Waals surface area (Å²) in [6, 6.07) is 2.05. The van der Waals surface area contributed by atoms with Gasteiger partial charge in [0.1, 0.15) is 18.0 Å². The molecule has 7 nitrogen and oxygen atoms in total. The highest BCUT2D eigenvalue weighted by Gasteiger charge is 2.47. The molecule has 28 heavy (non-hydrogen) atoms. The lowest BCUT2D eigenvalue weighted by Gasteiger charge is -2.40. The number of hydrogen-bond donors (Lipinski definition) is 1. The number of halogens is 5. The van der Waals surface area contributed by atoms with Gasteiger partial charge in [-0.15, -0.1) is 0 Å². The molecule has 1 saturated heterocycles. The molecule has 0 atom stereocenters. The second-order valence-corrected chi connectivity index (χ2v) is 6.59. The zero-order valence-corrected chi connectivity index (χ0v) is 14.5. The number of pyridine rings is 1. The van der Waals surface area contributed by atoms with Crippen LogP contribution >= 0.6 is 0 Å². The van der Waals surface area contributed by atoms with E-state index in [1.54, 1.807) is 6.92 Å². The molecule has 3 aromatic heterocycles. The van der Waals surface area contributed by atoms with E-state index in [2.05, 4.69) is 20.1 Å². The van der Waals surface area contributed by atoms with Crippen molar-refractivity contribution in [1.82, 2.24) is 24.6 Å². The number of alkyl halides is 5. The van der Waals surface area contributed by atoms with Crippen molar-refractivity contribution in [3.8, 4) is 0 Å². The maximum absolute atomic E-state index is 13.3. The first kappa shape index (κ1) is 18.3. The third kappa shape index (κ3) is 3.08. The van der Waals surface area contributed by atoms with Crippen LogP contribution in [0.3, 0.4) is 0 Å². The quantitative estimate of drug-likeness (QED) is 0.681. The van der Waals surface area contributed by atoms with Crippen LogP contribution in [0, 0.1) is 6.92 Å². The van der Waals surface area contributed by atoms with Crippen LogP contribution in [0.2, 0.25) is 0 Å². The minimum absolute atomic E-state index is 0.0653. The summed E-state index contributed by atoms with van der Waals surface area (Å²) in [7, 11) is 0. The molecule has 0 spiro atoms. The molecule has 148 valence electrons. The molecule has 2 N–H and O–H groups in total. The van der Waals surface area contributed by atoms with Crippen LogP contribution in [0.5, 0.6) is 0 Å². The van der Waals surface area contributed by atoms with E-state index < -0.39 is 36.6 Å². The van der Waals surface area contributed by atoms with E-state index in [0.717, 1.165) is 11.0 Å². The SMILES string of the molecule is Cc1nc2ncnn2c(N)c1Cc1ccc(C(F)(F)F)c(N2CC(F)(F)C2)n1. The molecular weight excluding hydrogens is 385 g/mol. The maximum Gasteiger partial charge on any atom is 0.419 e. The van der Waals surface area contributed by atoms with E-state index in [-0.39, 0.29) is 17.9 Å². The Balaban J connectivity index is 1.73. The van der Waals surface area contributed by atoms with Gasteiger partial charge in [-0.1, -0.05) is 0 Å². The predicted octanol–water partition coefficient (Wildman–Crippen LogP) is 2.47. The smallest absolute Gasteiger partial charge is 0.383 e. The van der Waals surface area contributed by atoms with Gasteiger partial charge in [0.05, 0.1) is 18.7 Å². The number of nitrogens with two attached hydrogens (primary N) is 1. The highest BCUT2D eigenvalue weighted by Crippen LogP contribution is 2.40. The molecule has 0 radical (unpaired) electrons. The molecular formula is C16H14F5N7. The van der Waals surface area contributed by atoms with Crippen LogP contribution in [-0.4, -0.2) is 43.6 Å². The second kappa shape index (κ2) is 5.97. The van der Waals surface area contributed by atoms with Crippen LogP contribution in [0.1, 0.15) is 22.5 Å². The molecule has 0 amide bonds. The summed E-state index contributed by atoms with van der Waals surface area (Å²) < 4.78 is 67.5. The van der Waals surface area contributed by atoms with Gasteiger partial charge in [0.2, 0.25) is 0 Å². The van der Waals surface area contributed by atoms with E-state index in [1.807, 2.05) is 0 Å². The van der Waals surface area contributed by atoms with Crippen LogP contribution < -0.4 is 10.6 Å². The Hall–Kier alpha value is -3.05. The molecule has 0 aliphatic carbocycles. The zero-order chi connectivity index (χ0) is 20.3. The molecule has 4 heterocycles. The van der Waals surface area contributed by atoms with E-state index in [4.69, 9.17) is 5.73 Å². The van der Waals surface area contributed by atoms with Gasteiger partial charge in [-0.2, -0.15) is 27.8 Å². The normalized spacial score (nSPS) is 16.4. The third-order valence-electron chi connectivity index (χ3n) is 4.51. The van der Waals surface area contributed by atoms with Gasteiger partial charge in [-0.3, -0.25) is 0 Å². The molecule has 0 unspecified atom stereocenters. The monoisotopic (exact) mass is 399 g/mol. The number of nitrogens with zero attached hydrogens (tertiary/aromatic N) is 6. The van der Waals surface area contributed by atoms with E-state index in [9.17, 15) is 22.0 Å². The number of fused-ring (bicyclic) bond motifs is 1. The van der Waals surface area contributed by atoms with Crippen molar-refractivity contribution >= 4 is 17.4 Å². The van der Waals surface area contributed by atoms with Crippen LogP contribution in [-0.2, 0) is 12.6 Å². The first-order valence-electron chi connectivity index (χ1n) is 8.20. The van der Waals surface area contributed by atoms with Gasteiger partial charge < -0.3 is 10.6 Å². The van der Waals surface area contributed by atoms with Gasteiger partial charge >= 0.3 is 6.18 Å². The van der Waals surface area contributed by atoms with E-state index in [1.165, 1.54) is 16.9 Å². The topological polar surface area (TPSA) is 85.2 Å². The van der Waals surface area contributed by atoms with Crippen LogP contribution in [0.25, 0.3) is 5.78 Å². The van der Waals surface area contributed by atoms with Gasteiger partial charge in [-0.05, 0) is 19.1 Å². The summed E-state index contributed by atoms with van der Waals surface area (Å²) in [5.41, 5.74) is 6.32. The Bertz CT molecular complexity index is 1050. The fourth-order valence-electron chi connectivity index (χ4n) is 3.12. The summed E-state index contributed by atoms with van der Waals surface area (Å²) in [5, 5.41) is 3.95. The minimum atomic E-state index is -4.71. The average molecular weight is 399 g/mol. The summed E-state index contributed by atoms with van der Waals surface area (Å²) in [6.45, 7) is 0.0711. The van der Waals surface area contributed by atoms with Crippen molar-refractivity contribution in [2.45, 2.75) is 25.4 Å². The largest absolute Gasteiger partial charge is 0.419 e. The number of rotatable bonds is 3. The van der Waals surface area contributed by atoms with Crippen molar-refractivity contribution in [1.29, 1.82) is 0 Å². The van der Waals surface area contributed by atoms with E-state index in [0.29, 0.717) is 17.0 Å². The van der Waals surface area contributed by atoms with Gasteiger partial charge in [0, 0.05) is 23.4 Å². The Morgan fingerprint density at radius 2 is 1.89 bits per heavy atom. The summed E-state index contributed by atoms with van der Waals surface area (Å²) in [6.07, 6.45) is -3.36. The Morgan fingerprint density at radius 1 is 1.18 bits per heavy atom. The molecule has 1 fully saturated rings. The number of anilines is 2. The molecule has 12 heteroatoms. The third-order valence-corrected chi connectivity index (χ3v) is 4.51. The van der Waals surface area contributed by atoms with Gasteiger partial charge in [0.15, 0.2) is 0 Å². The Morgan fingerprint density at radius 3 is 2.54 bits per heavy atom. The van der Waals surface area contributed by atoms with Crippen LogP contribution in [0.4, 0.5) is 33.6 Å². The lowest BCUT2D eigenvalue weighted by molar-refractivity contribution is -0.137. The molecule has 0 bridgehead atoms. The number of aromatic nitrogens is 5. The number of hydrogen-bond acceptors (Lipinski definition) is 6. The lowest BCUT2D eigenvalue weighted by Crippen LogP contribution is -2.57. The molecule has 0 aromatic carbocycles. The Kier molecular flexibility index (Phi) is 3.91.